The van der Waals surface area contributed by atoms with Crippen LogP contribution in [0.2, 0.25) is 0 Å². The van der Waals surface area contributed by atoms with Crippen molar-refractivity contribution in [2.75, 3.05) is 6.54 Å². The molecule has 20 heavy (non-hydrogen) atoms. The van der Waals surface area contributed by atoms with Crippen LogP contribution in [0.25, 0.3) is 0 Å². The second-order valence-electron chi connectivity index (χ2n) is 5.44. The molecule has 6 nitrogen and oxygen atoms in total. The van der Waals surface area contributed by atoms with Crippen LogP contribution in [0, 0.1) is 0 Å². The van der Waals surface area contributed by atoms with Gasteiger partial charge in [-0.3, -0.25) is 14.6 Å². The fourth-order valence-corrected chi connectivity index (χ4v) is 2.57. The molecule has 1 aromatic heterocycles. The zero-order chi connectivity index (χ0) is 14.6. The second kappa shape index (κ2) is 6.09. The summed E-state index contributed by atoms with van der Waals surface area (Å²) in [5.74, 6) is -0.820. The third kappa shape index (κ3) is 3.84. The van der Waals surface area contributed by atoms with Crippen LogP contribution in [-0.4, -0.2) is 33.3 Å². The molecule has 4 N–H and O–H groups in total. The van der Waals surface area contributed by atoms with Gasteiger partial charge in [-0.2, -0.15) is 0 Å². The SMILES string of the molecule is O=C(NCC1(O)CCCCCC1)c1cc(O)[nH]c(=O)c1. The molecule has 6 heteroatoms. The first-order valence-corrected chi connectivity index (χ1v) is 6.92. The van der Waals surface area contributed by atoms with Gasteiger partial charge < -0.3 is 15.5 Å². The van der Waals surface area contributed by atoms with Gasteiger partial charge in [0, 0.05) is 18.7 Å². The molecular formula is C14H20N2O4. The lowest BCUT2D eigenvalue weighted by molar-refractivity contribution is 0.0246. The zero-order valence-electron chi connectivity index (χ0n) is 11.3. The second-order valence-corrected chi connectivity index (χ2v) is 5.44. The van der Waals surface area contributed by atoms with Crippen molar-refractivity contribution >= 4 is 5.91 Å². The molecule has 110 valence electrons. The number of hydrogen-bond acceptors (Lipinski definition) is 4. The fraction of sp³-hybridized carbons (Fsp3) is 0.571. The Morgan fingerprint density at radius 1 is 1.25 bits per heavy atom. The Labute approximate surface area is 116 Å². The molecule has 0 unspecified atom stereocenters. The highest BCUT2D eigenvalue weighted by Crippen LogP contribution is 2.26. The molecular weight excluding hydrogens is 260 g/mol. The summed E-state index contributed by atoms with van der Waals surface area (Å²) in [5.41, 5.74) is -1.32. The standard InChI is InChI=1S/C14H20N2O4/c17-11-7-10(8-12(18)16-11)13(19)15-9-14(20)5-3-1-2-4-6-14/h7-8,20H,1-6,9H2,(H,15,19)(H2,16,17,18). The van der Waals surface area contributed by atoms with E-state index in [1.165, 1.54) is 6.07 Å². The van der Waals surface area contributed by atoms with Gasteiger partial charge >= 0.3 is 0 Å². The van der Waals surface area contributed by atoms with Crippen LogP contribution >= 0.6 is 0 Å². The summed E-state index contributed by atoms with van der Waals surface area (Å²) < 4.78 is 0. The molecule has 0 radical (unpaired) electrons. The minimum atomic E-state index is -0.866. The summed E-state index contributed by atoms with van der Waals surface area (Å²) in [6, 6.07) is 2.31. The molecule has 1 fully saturated rings. The Hall–Kier alpha value is -1.82. The Morgan fingerprint density at radius 3 is 2.50 bits per heavy atom. The lowest BCUT2D eigenvalue weighted by atomic mass is 9.94. The van der Waals surface area contributed by atoms with Crippen LogP contribution in [-0.2, 0) is 0 Å². The minimum Gasteiger partial charge on any atom is -0.494 e. The highest BCUT2D eigenvalue weighted by molar-refractivity contribution is 5.94. The van der Waals surface area contributed by atoms with E-state index in [2.05, 4.69) is 10.3 Å². The highest BCUT2D eigenvalue weighted by Gasteiger charge is 2.28. The average molecular weight is 280 g/mol. The van der Waals surface area contributed by atoms with E-state index in [1.807, 2.05) is 0 Å². The highest BCUT2D eigenvalue weighted by atomic mass is 16.3. The quantitative estimate of drug-likeness (QED) is 0.618. The average Bonchev–Trinajstić information content (AvgIpc) is 2.60. The van der Waals surface area contributed by atoms with Crippen molar-refractivity contribution in [1.29, 1.82) is 0 Å². The number of hydrogen-bond donors (Lipinski definition) is 4. The lowest BCUT2D eigenvalue weighted by Gasteiger charge is -2.26. The zero-order valence-corrected chi connectivity index (χ0v) is 11.3. The number of carbonyl (C=O) groups excluding carboxylic acids is 1. The number of aliphatic hydroxyl groups is 1. The number of pyridine rings is 1. The van der Waals surface area contributed by atoms with Crippen molar-refractivity contribution in [1.82, 2.24) is 10.3 Å². The summed E-state index contributed by atoms with van der Waals surface area (Å²) >= 11 is 0. The largest absolute Gasteiger partial charge is 0.494 e. The fourth-order valence-electron chi connectivity index (χ4n) is 2.57. The molecule has 0 bridgehead atoms. The molecule has 0 spiro atoms. The van der Waals surface area contributed by atoms with Crippen LogP contribution in [0.5, 0.6) is 5.88 Å². The van der Waals surface area contributed by atoms with E-state index in [4.69, 9.17) is 0 Å². The number of nitrogens with one attached hydrogen (secondary N) is 2. The van der Waals surface area contributed by atoms with Crippen molar-refractivity contribution in [3.8, 4) is 5.88 Å². The van der Waals surface area contributed by atoms with Crippen molar-refractivity contribution in [2.45, 2.75) is 44.1 Å². The number of aromatic nitrogens is 1. The van der Waals surface area contributed by atoms with Crippen molar-refractivity contribution < 1.29 is 15.0 Å². The van der Waals surface area contributed by atoms with Crippen molar-refractivity contribution in [2.24, 2.45) is 0 Å². The molecule has 1 aromatic rings. The number of aromatic hydroxyl groups is 1. The smallest absolute Gasteiger partial charge is 0.251 e. The number of aromatic amines is 1. The molecule has 2 rings (SSSR count). The lowest BCUT2D eigenvalue weighted by Crippen LogP contribution is -2.42. The first-order valence-electron chi connectivity index (χ1n) is 6.92. The Morgan fingerprint density at radius 2 is 1.90 bits per heavy atom. The van der Waals surface area contributed by atoms with Gasteiger partial charge in [-0.05, 0) is 12.8 Å². The van der Waals surface area contributed by atoms with Gasteiger partial charge in [0.05, 0.1) is 11.2 Å². The molecule has 0 atom stereocenters. The summed E-state index contributed by atoms with van der Waals surface area (Å²) in [6.07, 6.45) is 5.48. The molecule has 1 aliphatic carbocycles. The molecule has 1 amide bonds. The Balaban J connectivity index is 1.99. The third-order valence-corrected chi connectivity index (χ3v) is 3.70. The van der Waals surface area contributed by atoms with Gasteiger partial charge in [0.1, 0.15) is 0 Å². The summed E-state index contributed by atoms with van der Waals surface area (Å²) in [7, 11) is 0. The van der Waals surface area contributed by atoms with Crippen molar-refractivity contribution in [3.63, 3.8) is 0 Å². The first kappa shape index (κ1) is 14.6. The Kier molecular flexibility index (Phi) is 4.44. The monoisotopic (exact) mass is 280 g/mol. The molecule has 0 saturated heterocycles. The molecule has 0 aromatic carbocycles. The normalized spacial score (nSPS) is 18.2. The van der Waals surface area contributed by atoms with E-state index in [0.29, 0.717) is 12.8 Å². The third-order valence-electron chi connectivity index (χ3n) is 3.70. The number of rotatable bonds is 3. The molecule has 1 heterocycles. The molecule has 1 aliphatic rings. The number of carbonyl (C=O) groups is 1. The van der Waals surface area contributed by atoms with Crippen LogP contribution in [0.4, 0.5) is 0 Å². The maximum Gasteiger partial charge on any atom is 0.251 e. The van der Waals surface area contributed by atoms with Crippen LogP contribution in [0.3, 0.4) is 0 Å². The maximum atomic E-state index is 11.9. The molecule has 0 aliphatic heterocycles. The first-order chi connectivity index (χ1) is 9.48. The van der Waals surface area contributed by atoms with Crippen molar-refractivity contribution in [3.05, 3.63) is 28.0 Å². The van der Waals surface area contributed by atoms with Gasteiger partial charge in [0.25, 0.3) is 11.5 Å². The van der Waals surface area contributed by atoms with E-state index in [1.54, 1.807) is 0 Å². The van der Waals surface area contributed by atoms with E-state index >= 15 is 0 Å². The topological polar surface area (TPSA) is 102 Å². The van der Waals surface area contributed by atoms with Gasteiger partial charge in [-0.25, -0.2) is 0 Å². The Bertz CT molecular complexity index is 530. The van der Waals surface area contributed by atoms with E-state index in [0.717, 1.165) is 31.7 Å². The predicted molar refractivity (Wildman–Crippen MR) is 73.7 cm³/mol. The predicted octanol–water partition coefficient (Wildman–Crippen LogP) is 0.896. The van der Waals surface area contributed by atoms with Gasteiger partial charge in [-0.1, -0.05) is 25.7 Å². The number of amides is 1. The summed E-state index contributed by atoms with van der Waals surface area (Å²) in [5, 5.41) is 22.3. The number of H-pyrrole nitrogens is 1. The summed E-state index contributed by atoms with van der Waals surface area (Å²) in [6.45, 7) is 0.166. The maximum absolute atomic E-state index is 11.9. The minimum absolute atomic E-state index is 0.0865. The van der Waals surface area contributed by atoms with E-state index in [9.17, 15) is 19.8 Å². The van der Waals surface area contributed by atoms with Crippen LogP contribution < -0.4 is 10.9 Å². The molecule has 1 saturated carbocycles. The van der Waals surface area contributed by atoms with E-state index in [-0.39, 0.29) is 18.0 Å². The van der Waals surface area contributed by atoms with Gasteiger partial charge in [0.15, 0.2) is 5.88 Å². The van der Waals surface area contributed by atoms with E-state index < -0.39 is 17.1 Å². The summed E-state index contributed by atoms with van der Waals surface area (Å²) in [4.78, 5) is 25.3. The van der Waals surface area contributed by atoms with Gasteiger partial charge in [-0.15, -0.1) is 0 Å². The van der Waals surface area contributed by atoms with Crippen LogP contribution in [0.1, 0.15) is 48.9 Å². The van der Waals surface area contributed by atoms with Gasteiger partial charge in [0.2, 0.25) is 0 Å². The van der Waals surface area contributed by atoms with Crippen LogP contribution in [0.15, 0.2) is 16.9 Å².